The van der Waals surface area contributed by atoms with Crippen LogP contribution in [0.5, 0.6) is 11.5 Å². The van der Waals surface area contributed by atoms with Gasteiger partial charge in [0.2, 0.25) is 0 Å². The Morgan fingerprint density at radius 2 is 2.17 bits per heavy atom. The van der Waals surface area contributed by atoms with Crippen molar-refractivity contribution in [2.75, 3.05) is 32.6 Å². The minimum absolute atomic E-state index is 0.551. The number of hydrogen-bond acceptors (Lipinski definition) is 4. The monoisotopic (exact) mass is 250 g/mol. The lowest BCUT2D eigenvalue weighted by Crippen LogP contribution is -2.39. The van der Waals surface area contributed by atoms with E-state index in [4.69, 9.17) is 9.47 Å². The van der Waals surface area contributed by atoms with Gasteiger partial charge in [0.05, 0.1) is 19.9 Å². The van der Waals surface area contributed by atoms with Crippen LogP contribution in [0.3, 0.4) is 0 Å². The third-order valence-corrected chi connectivity index (χ3v) is 3.36. The molecule has 1 aliphatic heterocycles. The van der Waals surface area contributed by atoms with Gasteiger partial charge in [0.15, 0.2) is 0 Å². The lowest BCUT2D eigenvalue weighted by molar-refractivity contribution is 0.401. The highest BCUT2D eigenvalue weighted by Gasteiger charge is 2.13. The average Bonchev–Trinajstić information content (AvgIpc) is 2.45. The third-order valence-electron chi connectivity index (χ3n) is 3.36. The van der Waals surface area contributed by atoms with Gasteiger partial charge in [-0.15, -0.1) is 0 Å². The van der Waals surface area contributed by atoms with Gasteiger partial charge in [0, 0.05) is 18.7 Å². The average molecular weight is 250 g/mol. The maximum absolute atomic E-state index is 5.35. The van der Waals surface area contributed by atoms with E-state index in [0.29, 0.717) is 6.04 Å². The highest BCUT2D eigenvalue weighted by atomic mass is 16.5. The molecule has 0 aliphatic carbocycles. The molecule has 0 amide bonds. The number of benzene rings is 1. The molecule has 0 spiro atoms. The molecule has 1 unspecified atom stereocenters. The lowest BCUT2D eigenvalue weighted by Gasteiger charge is -2.24. The molecule has 1 aromatic rings. The van der Waals surface area contributed by atoms with Crippen LogP contribution in [0.1, 0.15) is 19.3 Å². The van der Waals surface area contributed by atoms with Gasteiger partial charge in [-0.2, -0.15) is 0 Å². The normalized spacial score (nSPS) is 19.3. The molecule has 1 saturated heterocycles. The lowest BCUT2D eigenvalue weighted by atomic mass is 10.1. The quantitative estimate of drug-likeness (QED) is 0.841. The zero-order valence-electron chi connectivity index (χ0n) is 11.2. The Morgan fingerprint density at radius 1 is 1.28 bits per heavy atom. The minimum atomic E-state index is 0.551. The zero-order chi connectivity index (χ0) is 12.8. The Kier molecular flexibility index (Phi) is 4.70. The summed E-state index contributed by atoms with van der Waals surface area (Å²) in [5.74, 6) is 1.70. The summed E-state index contributed by atoms with van der Waals surface area (Å²) in [4.78, 5) is 0. The van der Waals surface area contributed by atoms with Gasteiger partial charge in [-0.05, 0) is 31.5 Å². The largest absolute Gasteiger partial charge is 0.497 e. The van der Waals surface area contributed by atoms with Gasteiger partial charge >= 0.3 is 0 Å². The molecule has 100 valence electrons. The van der Waals surface area contributed by atoms with Crippen LogP contribution in [0.15, 0.2) is 18.2 Å². The summed E-state index contributed by atoms with van der Waals surface area (Å²) >= 11 is 0. The van der Waals surface area contributed by atoms with Crippen LogP contribution in [-0.2, 0) is 0 Å². The first-order valence-corrected chi connectivity index (χ1v) is 6.53. The summed E-state index contributed by atoms with van der Waals surface area (Å²) in [7, 11) is 3.36. The number of piperidine rings is 1. The van der Waals surface area contributed by atoms with Crippen LogP contribution in [-0.4, -0.2) is 33.4 Å². The van der Waals surface area contributed by atoms with Crippen molar-refractivity contribution in [3.05, 3.63) is 18.2 Å². The standard InChI is InChI=1S/C14H22N2O2/c1-17-12-6-7-14(18-2)13(9-12)16-10-11-5-3-4-8-15-11/h6-7,9,11,15-16H,3-5,8,10H2,1-2H3. The number of hydrogen-bond donors (Lipinski definition) is 2. The summed E-state index contributed by atoms with van der Waals surface area (Å²) in [6.45, 7) is 2.05. The predicted octanol–water partition coefficient (Wildman–Crippen LogP) is 2.26. The maximum Gasteiger partial charge on any atom is 0.142 e. The molecular weight excluding hydrogens is 228 g/mol. The van der Waals surface area contributed by atoms with E-state index >= 15 is 0 Å². The van der Waals surface area contributed by atoms with E-state index < -0.39 is 0 Å². The second-order valence-electron chi connectivity index (χ2n) is 4.59. The van der Waals surface area contributed by atoms with Crippen molar-refractivity contribution in [3.63, 3.8) is 0 Å². The molecule has 18 heavy (non-hydrogen) atoms. The second kappa shape index (κ2) is 6.50. The van der Waals surface area contributed by atoms with E-state index in [0.717, 1.165) is 30.3 Å². The Hall–Kier alpha value is -1.42. The fourth-order valence-corrected chi connectivity index (χ4v) is 2.28. The van der Waals surface area contributed by atoms with Gasteiger partial charge in [-0.1, -0.05) is 6.42 Å². The number of nitrogens with one attached hydrogen (secondary N) is 2. The Bertz CT molecular complexity index is 376. The summed E-state index contributed by atoms with van der Waals surface area (Å²) in [5.41, 5.74) is 0.990. The first kappa shape index (κ1) is 13.0. The van der Waals surface area contributed by atoms with E-state index in [1.54, 1.807) is 14.2 Å². The number of rotatable bonds is 5. The Labute approximate surface area is 109 Å². The molecule has 0 bridgehead atoms. The van der Waals surface area contributed by atoms with Crippen molar-refractivity contribution in [2.24, 2.45) is 0 Å². The summed E-state index contributed by atoms with van der Waals surface area (Å²) in [6, 6.07) is 6.36. The fourth-order valence-electron chi connectivity index (χ4n) is 2.28. The summed E-state index contributed by atoms with van der Waals surface area (Å²) < 4.78 is 10.6. The molecular formula is C14H22N2O2. The highest BCUT2D eigenvalue weighted by molar-refractivity contribution is 5.59. The molecule has 1 fully saturated rings. The molecule has 2 rings (SSSR count). The van der Waals surface area contributed by atoms with Crippen LogP contribution in [0, 0.1) is 0 Å². The summed E-state index contributed by atoms with van der Waals surface area (Å²) in [6.07, 6.45) is 3.84. The van der Waals surface area contributed by atoms with Crippen molar-refractivity contribution in [1.29, 1.82) is 0 Å². The molecule has 1 aromatic carbocycles. The molecule has 4 nitrogen and oxygen atoms in total. The van der Waals surface area contributed by atoms with Crippen molar-refractivity contribution in [1.82, 2.24) is 5.32 Å². The van der Waals surface area contributed by atoms with Gasteiger partial charge < -0.3 is 20.1 Å². The third kappa shape index (κ3) is 3.29. The smallest absolute Gasteiger partial charge is 0.142 e. The van der Waals surface area contributed by atoms with Gasteiger partial charge in [0.25, 0.3) is 0 Å². The van der Waals surface area contributed by atoms with E-state index in [-0.39, 0.29) is 0 Å². The van der Waals surface area contributed by atoms with E-state index in [1.165, 1.54) is 19.3 Å². The van der Waals surface area contributed by atoms with Crippen LogP contribution in [0.25, 0.3) is 0 Å². The predicted molar refractivity (Wildman–Crippen MR) is 73.7 cm³/mol. The second-order valence-corrected chi connectivity index (χ2v) is 4.59. The van der Waals surface area contributed by atoms with Gasteiger partial charge in [-0.25, -0.2) is 0 Å². The number of anilines is 1. The van der Waals surface area contributed by atoms with Gasteiger partial charge in [-0.3, -0.25) is 0 Å². The van der Waals surface area contributed by atoms with Gasteiger partial charge in [0.1, 0.15) is 11.5 Å². The Balaban J connectivity index is 1.97. The number of methoxy groups -OCH3 is 2. The van der Waals surface area contributed by atoms with Crippen molar-refractivity contribution < 1.29 is 9.47 Å². The fraction of sp³-hybridized carbons (Fsp3) is 0.571. The highest BCUT2D eigenvalue weighted by Crippen LogP contribution is 2.28. The van der Waals surface area contributed by atoms with Crippen LogP contribution >= 0.6 is 0 Å². The zero-order valence-corrected chi connectivity index (χ0v) is 11.2. The molecule has 0 aromatic heterocycles. The molecule has 0 saturated carbocycles. The summed E-state index contributed by atoms with van der Waals surface area (Å²) in [5, 5.41) is 6.96. The first-order chi connectivity index (χ1) is 8.83. The van der Waals surface area contributed by atoms with Crippen molar-refractivity contribution in [2.45, 2.75) is 25.3 Å². The topological polar surface area (TPSA) is 42.5 Å². The van der Waals surface area contributed by atoms with Crippen LogP contribution < -0.4 is 20.1 Å². The van der Waals surface area contributed by atoms with Crippen molar-refractivity contribution in [3.8, 4) is 11.5 Å². The van der Waals surface area contributed by atoms with E-state index in [1.807, 2.05) is 18.2 Å². The van der Waals surface area contributed by atoms with E-state index in [9.17, 15) is 0 Å². The Morgan fingerprint density at radius 3 is 2.83 bits per heavy atom. The SMILES string of the molecule is COc1ccc(OC)c(NCC2CCCCN2)c1. The van der Waals surface area contributed by atoms with Crippen LogP contribution in [0.4, 0.5) is 5.69 Å². The molecule has 2 N–H and O–H groups in total. The molecule has 0 radical (unpaired) electrons. The molecule has 4 heteroatoms. The minimum Gasteiger partial charge on any atom is -0.497 e. The van der Waals surface area contributed by atoms with E-state index in [2.05, 4.69) is 10.6 Å². The molecule has 1 heterocycles. The van der Waals surface area contributed by atoms with Crippen LogP contribution in [0.2, 0.25) is 0 Å². The maximum atomic E-state index is 5.35. The molecule has 1 aliphatic rings. The molecule has 1 atom stereocenters. The van der Waals surface area contributed by atoms with Crippen molar-refractivity contribution >= 4 is 5.69 Å². The first-order valence-electron chi connectivity index (χ1n) is 6.53. The number of ether oxygens (including phenoxy) is 2.